The van der Waals surface area contributed by atoms with Gasteiger partial charge in [0.2, 0.25) is 0 Å². The fourth-order valence-electron chi connectivity index (χ4n) is 3.64. The van der Waals surface area contributed by atoms with Gasteiger partial charge < -0.3 is 19.7 Å². The Labute approximate surface area is 198 Å². The van der Waals surface area contributed by atoms with Gasteiger partial charge in [-0.05, 0) is 67.8 Å². The number of amides is 2. The first-order valence-electron chi connectivity index (χ1n) is 10.8. The van der Waals surface area contributed by atoms with Crippen LogP contribution in [0, 0.1) is 6.92 Å². The number of rotatable bonds is 8. The summed E-state index contributed by atoms with van der Waals surface area (Å²) in [4.78, 5) is 26.9. The second kappa shape index (κ2) is 10.4. The van der Waals surface area contributed by atoms with Crippen LogP contribution >= 0.6 is 11.6 Å². The van der Waals surface area contributed by atoms with Crippen molar-refractivity contribution in [3.05, 3.63) is 82.9 Å². The van der Waals surface area contributed by atoms with Crippen LogP contribution in [0.5, 0.6) is 11.5 Å². The Morgan fingerprint density at radius 3 is 2.76 bits per heavy atom. The normalized spacial score (nSPS) is 12.7. The van der Waals surface area contributed by atoms with Crippen molar-refractivity contribution in [3.8, 4) is 11.5 Å². The fraction of sp³-hybridized carbons (Fsp3) is 0.231. The maximum Gasteiger partial charge on any atom is 0.265 e. The average Bonchev–Trinajstić information content (AvgIpc) is 2.80. The Morgan fingerprint density at radius 1 is 1.09 bits per heavy atom. The molecule has 7 heteroatoms. The number of aryl methyl sites for hydroxylation is 1. The summed E-state index contributed by atoms with van der Waals surface area (Å²) in [6.45, 7) is 3.13. The molecule has 0 aliphatic carbocycles. The van der Waals surface area contributed by atoms with Crippen molar-refractivity contribution in [2.45, 2.75) is 19.8 Å². The first-order chi connectivity index (χ1) is 16.0. The first-order valence-corrected chi connectivity index (χ1v) is 11.2. The molecule has 0 atom stereocenters. The van der Waals surface area contributed by atoms with Gasteiger partial charge in [-0.25, -0.2) is 0 Å². The molecule has 170 valence electrons. The minimum Gasteiger partial charge on any atom is -0.494 e. The zero-order valence-electron chi connectivity index (χ0n) is 18.3. The Hall–Kier alpha value is -3.51. The van der Waals surface area contributed by atoms with E-state index in [2.05, 4.69) is 5.32 Å². The monoisotopic (exact) mass is 464 g/mol. The molecule has 33 heavy (non-hydrogen) atoms. The number of unbranched alkanes of at least 4 members (excludes halogenated alkanes) is 1. The Kier molecular flexibility index (Phi) is 7.15. The van der Waals surface area contributed by atoms with Crippen LogP contribution in [0.2, 0.25) is 5.02 Å². The Balaban J connectivity index is 1.38. The van der Waals surface area contributed by atoms with Crippen molar-refractivity contribution >= 4 is 34.8 Å². The van der Waals surface area contributed by atoms with Gasteiger partial charge in [0, 0.05) is 12.2 Å². The van der Waals surface area contributed by atoms with Crippen LogP contribution in [0.1, 0.15) is 28.8 Å². The zero-order chi connectivity index (χ0) is 23.2. The highest BCUT2D eigenvalue weighted by Crippen LogP contribution is 2.35. The number of anilines is 2. The third kappa shape index (κ3) is 5.65. The lowest BCUT2D eigenvalue weighted by Crippen LogP contribution is -2.39. The quantitative estimate of drug-likeness (QED) is 0.448. The molecular formula is C26H25ClN2O4. The number of ether oxygens (including phenoxy) is 2. The summed E-state index contributed by atoms with van der Waals surface area (Å²) in [5, 5.41) is 3.22. The zero-order valence-corrected chi connectivity index (χ0v) is 19.1. The molecule has 0 radical (unpaired) electrons. The van der Waals surface area contributed by atoms with E-state index in [0.29, 0.717) is 40.9 Å². The van der Waals surface area contributed by atoms with Crippen LogP contribution in [-0.4, -0.2) is 31.6 Å². The van der Waals surface area contributed by atoms with Crippen LogP contribution in [0.25, 0.3) is 0 Å². The van der Waals surface area contributed by atoms with Gasteiger partial charge >= 0.3 is 0 Å². The van der Waals surface area contributed by atoms with Crippen LogP contribution < -0.4 is 19.7 Å². The second-order valence-electron chi connectivity index (χ2n) is 7.82. The predicted octanol–water partition coefficient (Wildman–Crippen LogP) is 5.49. The van der Waals surface area contributed by atoms with Crippen molar-refractivity contribution in [3.63, 3.8) is 0 Å². The van der Waals surface area contributed by atoms with E-state index in [0.717, 1.165) is 24.2 Å². The van der Waals surface area contributed by atoms with Gasteiger partial charge in [-0.2, -0.15) is 0 Å². The second-order valence-corrected chi connectivity index (χ2v) is 8.23. The lowest BCUT2D eigenvalue weighted by Gasteiger charge is -2.30. The van der Waals surface area contributed by atoms with Gasteiger partial charge in [-0.1, -0.05) is 35.9 Å². The van der Waals surface area contributed by atoms with Gasteiger partial charge in [-0.3, -0.25) is 9.59 Å². The SMILES string of the molecule is Cc1cccc(OCCCCN2C(=O)COc3ccc(NC(=O)c4ccccc4Cl)cc32)c1. The molecule has 0 spiro atoms. The van der Waals surface area contributed by atoms with Crippen LogP contribution in [0.4, 0.5) is 11.4 Å². The Morgan fingerprint density at radius 2 is 1.94 bits per heavy atom. The smallest absolute Gasteiger partial charge is 0.265 e. The summed E-state index contributed by atoms with van der Waals surface area (Å²) in [5.41, 5.74) is 2.74. The van der Waals surface area contributed by atoms with E-state index in [1.807, 2.05) is 31.2 Å². The topological polar surface area (TPSA) is 67.9 Å². The summed E-state index contributed by atoms with van der Waals surface area (Å²) in [6, 6.07) is 20.0. The number of carbonyl (C=O) groups is 2. The van der Waals surface area contributed by atoms with E-state index in [9.17, 15) is 9.59 Å². The standard InChI is InChI=1S/C26H25ClN2O4/c1-18-7-6-8-20(15-18)32-14-5-4-13-29-23-16-19(11-12-24(23)33-17-25(29)30)28-26(31)21-9-2-3-10-22(21)27/h2-3,6-12,15-16H,4-5,13-14,17H2,1H3,(H,28,31). The largest absolute Gasteiger partial charge is 0.494 e. The van der Waals surface area contributed by atoms with Gasteiger partial charge in [0.15, 0.2) is 6.61 Å². The van der Waals surface area contributed by atoms with E-state index in [1.165, 1.54) is 0 Å². The number of halogens is 1. The van der Waals surface area contributed by atoms with Crippen LogP contribution in [0.3, 0.4) is 0 Å². The molecule has 0 fully saturated rings. The molecule has 2 amide bonds. The molecular weight excluding hydrogens is 440 g/mol. The fourth-order valence-corrected chi connectivity index (χ4v) is 3.86. The molecule has 1 N–H and O–H groups in total. The van der Waals surface area contributed by atoms with Crippen LogP contribution in [-0.2, 0) is 4.79 Å². The molecule has 4 rings (SSSR count). The van der Waals surface area contributed by atoms with Crippen molar-refractivity contribution in [1.82, 2.24) is 0 Å². The van der Waals surface area contributed by atoms with Gasteiger partial charge in [0.25, 0.3) is 11.8 Å². The summed E-state index contributed by atoms with van der Waals surface area (Å²) in [6.07, 6.45) is 1.57. The molecule has 1 heterocycles. The number of hydrogen-bond donors (Lipinski definition) is 1. The average molecular weight is 465 g/mol. The lowest BCUT2D eigenvalue weighted by molar-refractivity contribution is -0.121. The van der Waals surface area contributed by atoms with Crippen molar-refractivity contribution < 1.29 is 19.1 Å². The number of nitrogens with zero attached hydrogens (tertiary/aromatic N) is 1. The summed E-state index contributed by atoms with van der Waals surface area (Å²) in [7, 11) is 0. The Bertz CT molecular complexity index is 1160. The first kappa shape index (κ1) is 22.7. The number of hydrogen-bond acceptors (Lipinski definition) is 4. The number of fused-ring (bicyclic) bond motifs is 1. The third-order valence-electron chi connectivity index (χ3n) is 5.31. The highest BCUT2D eigenvalue weighted by atomic mass is 35.5. The summed E-state index contributed by atoms with van der Waals surface area (Å²) < 4.78 is 11.4. The summed E-state index contributed by atoms with van der Waals surface area (Å²) in [5.74, 6) is 1.03. The highest BCUT2D eigenvalue weighted by molar-refractivity contribution is 6.34. The minimum absolute atomic E-state index is 0.00186. The number of nitrogens with one attached hydrogen (secondary N) is 1. The van der Waals surface area contributed by atoms with Crippen molar-refractivity contribution in [2.75, 3.05) is 30.0 Å². The van der Waals surface area contributed by atoms with Gasteiger partial charge in [0.1, 0.15) is 11.5 Å². The molecule has 1 aliphatic heterocycles. The maximum atomic E-state index is 12.6. The van der Waals surface area contributed by atoms with Crippen molar-refractivity contribution in [2.24, 2.45) is 0 Å². The number of benzene rings is 3. The van der Waals surface area contributed by atoms with Gasteiger partial charge in [0.05, 0.1) is 22.9 Å². The van der Waals surface area contributed by atoms with E-state index in [-0.39, 0.29) is 18.4 Å². The molecule has 0 saturated heterocycles. The maximum absolute atomic E-state index is 12.6. The molecule has 3 aromatic rings. The summed E-state index contributed by atoms with van der Waals surface area (Å²) >= 11 is 6.13. The molecule has 3 aromatic carbocycles. The van der Waals surface area contributed by atoms with E-state index >= 15 is 0 Å². The predicted molar refractivity (Wildman–Crippen MR) is 130 cm³/mol. The van der Waals surface area contributed by atoms with Crippen LogP contribution in [0.15, 0.2) is 66.7 Å². The lowest BCUT2D eigenvalue weighted by atomic mass is 10.1. The molecule has 0 aromatic heterocycles. The third-order valence-corrected chi connectivity index (χ3v) is 5.64. The van der Waals surface area contributed by atoms with E-state index in [4.69, 9.17) is 21.1 Å². The highest BCUT2D eigenvalue weighted by Gasteiger charge is 2.25. The molecule has 0 unspecified atom stereocenters. The molecule has 0 bridgehead atoms. The molecule has 6 nitrogen and oxygen atoms in total. The van der Waals surface area contributed by atoms with E-state index < -0.39 is 0 Å². The molecule has 1 aliphatic rings. The number of carbonyl (C=O) groups excluding carboxylic acids is 2. The van der Waals surface area contributed by atoms with Crippen molar-refractivity contribution in [1.29, 1.82) is 0 Å². The van der Waals surface area contributed by atoms with Gasteiger partial charge in [-0.15, -0.1) is 0 Å². The minimum atomic E-state index is -0.316. The van der Waals surface area contributed by atoms with E-state index in [1.54, 1.807) is 47.4 Å². The molecule has 0 saturated carbocycles.